The molecule has 0 radical (unpaired) electrons. The SMILES string of the molecule is CCCCCCCC/C=C\CCCCCCCC(C)(N)CC(O)O.Cl. The second kappa shape index (κ2) is 18.7. The predicted molar refractivity (Wildman–Crippen MR) is 112 cm³/mol. The lowest BCUT2D eigenvalue weighted by atomic mass is 9.91. The van der Waals surface area contributed by atoms with E-state index in [-0.39, 0.29) is 18.8 Å². The van der Waals surface area contributed by atoms with E-state index in [2.05, 4.69) is 19.1 Å². The molecule has 0 aliphatic heterocycles. The molecule has 0 spiro atoms. The number of halogens is 1. The molecular weight excluding hydrogens is 334 g/mol. The van der Waals surface area contributed by atoms with Crippen LogP contribution in [0.3, 0.4) is 0 Å². The topological polar surface area (TPSA) is 66.5 Å². The van der Waals surface area contributed by atoms with Gasteiger partial charge in [0.05, 0.1) is 0 Å². The zero-order chi connectivity index (χ0) is 18.1. The molecule has 0 rings (SSSR count). The Kier molecular flexibility index (Phi) is 20.3. The van der Waals surface area contributed by atoms with Crippen LogP contribution in [-0.2, 0) is 0 Å². The molecule has 0 saturated carbocycles. The Balaban J connectivity index is 0. The summed E-state index contributed by atoms with van der Waals surface area (Å²) in [6, 6.07) is 0. The Labute approximate surface area is 162 Å². The molecule has 0 aliphatic carbocycles. The molecule has 0 heterocycles. The molecule has 4 N–H and O–H groups in total. The first-order valence-electron chi connectivity index (χ1n) is 10.3. The van der Waals surface area contributed by atoms with Gasteiger partial charge in [-0.05, 0) is 39.0 Å². The summed E-state index contributed by atoms with van der Waals surface area (Å²) < 4.78 is 0. The van der Waals surface area contributed by atoms with E-state index in [0.29, 0.717) is 0 Å². The Morgan fingerprint density at radius 3 is 1.72 bits per heavy atom. The predicted octanol–water partition coefficient (Wildman–Crippen LogP) is 5.86. The van der Waals surface area contributed by atoms with Crippen LogP contribution in [0.5, 0.6) is 0 Å². The highest BCUT2D eigenvalue weighted by Crippen LogP contribution is 2.18. The lowest BCUT2D eigenvalue weighted by molar-refractivity contribution is -0.0587. The van der Waals surface area contributed by atoms with Crippen molar-refractivity contribution >= 4 is 12.4 Å². The number of unbranched alkanes of at least 4 members (excludes halogenated alkanes) is 11. The number of hydrogen-bond acceptors (Lipinski definition) is 3. The summed E-state index contributed by atoms with van der Waals surface area (Å²) in [5, 5.41) is 18.0. The van der Waals surface area contributed by atoms with E-state index in [9.17, 15) is 0 Å². The quantitative estimate of drug-likeness (QED) is 0.169. The van der Waals surface area contributed by atoms with Crippen LogP contribution in [0.1, 0.15) is 110 Å². The van der Waals surface area contributed by atoms with Crippen molar-refractivity contribution in [2.45, 2.75) is 122 Å². The monoisotopic (exact) mass is 377 g/mol. The molecule has 4 heteroatoms. The fourth-order valence-electron chi connectivity index (χ4n) is 3.12. The minimum absolute atomic E-state index is 0. The Hall–Kier alpha value is -0.0900. The van der Waals surface area contributed by atoms with Crippen molar-refractivity contribution in [2.24, 2.45) is 5.73 Å². The van der Waals surface area contributed by atoms with Crippen LogP contribution in [0.15, 0.2) is 12.2 Å². The molecule has 0 aliphatic rings. The van der Waals surface area contributed by atoms with Crippen molar-refractivity contribution < 1.29 is 10.2 Å². The number of aliphatic hydroxyl groups is 2. The summed E-state index contributed by atoms with van der Waals surface area (Å²) in [5.74, 6) is 0. The van der Waals surface area contributed by atoms with E-state index in [4.69, 9.17) is 15.9 Å². The van der Waals surface area contributed by atoms with Gasteiger partial charge >= 0.3 is 0 Å². The van der Waals surface area contributed by atoms with Crippen molar-refractivity contribution in [1.29, 1.82) is 0 Å². The first-order chi connectivity index (χ1) is 11.5. The van der Waals surface area contributed by atoms with E-state index >= 15 is 0 Å². The molecule has 0 fully saturated rings. The van der Waals surface area contributed by atoms with Crippen LogP contribution in [0.2, 0.25) is 0 Å². The fraction of sp³-hybridized carbons (Fsp3) is 0.905. The molecule has 0 saturated heterocycles. The Bertz CT molecular complexity index is 294. The third-order valence-electron chi connectivity index (χ3n) is 4.66. The molecule has 0 aromatic rings. The van der Waals surface area contributed by atoms with E-state index in [1.807, 2.05) is 6.92 Å². The number of rotatable bonds is 17. The average molecular weight is 378 g/mol. The normalized spacial score (nSPS) is 14.0. The van der Waals surface area contributed by atoms with Crippen molar-refractivity contribution in [3.63, 3.8) is 0 Å². The van der Waals surface area contributed by atoms with Crippen LogP contribution >= 0.6 is 12.4 Å². The molecule has 0 aromatic heterocycles. The first kappa shape index (κ1) is 27.1. The number of nitrogens with two attached hydrogens (primary N) is 1. The highest BCUT2D eigenvalue weighted by Gasteiger charge is 2.20. The molecule has 1 atom stereocenters. The molecule has 0 aromatic carbocycles. The minimum atomic E-state index is -1.29. The number of hydrogen-bond donors (Lipinski definition) is 3. The Morgan fingerprint density at radius 1 is 0.800 bits per heavy atom. The lowest BCUT2D eigenvalue weighted by Crippen LogP contribution is -2.39. The maximum absolute atomic E-state index is 8.98. The van der Waals surface area contributed by atoms with Gasteiger partial charge in [-0.25, -0.2) is 0 Å². The zero-order valence-corrected chi connectivity index (χ0v) is 17.5. The Morgan fingerprint density at radius 2 is 1.24 bits per heavy atom. The van der Waals surface area contributed by atoms with Crippen molar-refractivity contribution in [3.8, 4) is 0 Å². The van der Waals surface area contributed by atoms with Crippen molar-refractivity contribution in [2.75, 3.05) is 0 Å². The first-order valence-corrected chi connectivity index (χ1v) is 10.3. The third kappa shape index (κ3) is 21.9. The standard InChI is InChI=1S/C21H43NO2.ClH/c1-3-4-5-6-7-8-9-10-11-12-13-14-15-16-17-18-21(2,22)19-20(23)24;/h10-11,20,23-24H,3-9,12-19,22H2,1-2H3;1H/b11-10-;. The largest absolute Gasteiger partial charge is 0.368 e. The summed E-state index contributed by atoms with van der Waals surface area (Å²) in [7, 11) is 0. The zero-order valence-electron chi connectivity index (χ0n) is 16.7. The fourth-order valence-corrected chi connectivity index (χ4v) is 3.12. The highest BCUT2D eigenvalue weighted by atomic mass is 35.5. The van der Waals surface area contributed by atoms with Gasteiger partial charge in [0, 0.05) is 12.0 Å². The molecule has 152 valence electrons. The molecule has 3 nitrogen and oxygen atoms in total. The van der Waals surface area contributed by atoms with Gasteiger partial charge in [0.25, 0.3) is 0 Å². The van der Waals surface area contributed by atoms with Gasteiger partial charge in [-0.3, -0.25) is 0 Å². The van der Waals surface area contributed by atoms with Crippen LogP contribution in [-0.4, -0.2) is 22.0 Å². The number of allylic oxidation sites excluding steroid dienone is 2. The second-order valence-corrected chi connectivity index (χ2v) is 7.67. The van der Waals surface area contributed by atoms with E-state index < -0.39 is 11.8 Å². The van der Waals surface area contributed by atoms with Crippen LogP contribution in [0.4, 0.5) is 0 Å². The van der Waals surface area contributed by atoms with Gasteiger partial charge < -0.3 is 15.9 Å². The maximum atomic E-state index is 8.98. The molecule has 0 bridgehead atoms. The summed E-state index contributed by atoms with van der Waals surface area (Å²) in [6.07, 6.45) is 21.4. The minimum Gasteiger partial charge on any atom is -0.368 e. The summed E-state index contributed by atoms with van der Waals surface area (Å²) in [4.78, 5) is 0. The van der Waals surface area contributed by atoms with E-state index in [1.165, 1.54) is 77.0 Å². The summed E-state index contributed by atoms with van der Waals surface area (Å²) >= 11 is 0. The van der Waals surface area contributed by atoms with E-state index in [1.54, 1.807) is 0 Å². The lowest BCUT2D eigenvalue weighted by Gasteiger charge is -2.25. The van der Waals surface area contributed by atoms with Gasteiger partial charge in [0.2, 0.25) is 0 Å². The van der Waals surface area contributed by atoms with Crippen LogP contribution in [0, 0.1) is 0 Å². The van der Waals surface area contributed by atoms with Crippen molar-refractivity contribution in [1.82, 2.24) is 0 Å². The molecular formula is C21H44ClNO2. The van der Waals surface area contributed by atoms with Gasteiger partial charge in [0.1, 0.15) is 0 Å². The molecule has 1 unspecified atom stereocenters. The van der Waals surface area contributed by atoms with Gasteiger partial charge in [-0.1, -0.05) is 76.9 Å². The smallest absolute Gasteiger partial charge is 0.153 e. The molecule has 25 heavy (non-hydrogen) atoms. The van der Waals surface area contributed by atoms with Crippen LogP contribution in [0.25, 0.3) is 0 Å². The van der Waals surface area contributed by atoms with Gasteiger partial charge in [-0.2, -0.15) is 0 Å². The van der Waals surface area contributed by atoms with Crippen molar-refractivity contribution in [3.05, 3.63) is 12.2 Å². The maximum Gasteiger partial charge on any atom is 0.153 e. The highest BCUT2D eigenvalue weighted by molar-refractivity contribution is 5.85. The summed E-state index contributed by atoms with van der Waals surface area (Å²) in [5.41, 5.74) is 5.59. The third-order valence-corrected chi connectivity index (χ3v) is 4.66. The summed E-state index contributed by atoms with van der Waals surface area (Å²) in [6.45, 7) is 4.17. The second-order valence-electron chi connectivity index (χ2n) is 7.67. The average Bonchev–Trinajstić information content (AvgIpc) is 2.49. The van der Waals surface area contributed by atoms with Gasteiger partial charge in [0.15, 0.2) is 6.29 Å². The van der Waals surface area contributed by atoms with Crippen LogP contribution < -0.4 is 5.73 Å². The molecule has 0 amide bonds. The number of aliphatic hydroxyl groups excluding tert-OH is 1. The van der Waals surface area contributed by atoms with E-state index in [0.717, 1.165) is 12.8 Å². The van der Waals surface area contributed by atoms with Gasteiger partial charge in [-0.15, -0.1) is 12.4 Å².